The van der Waals surface area contributed by atoms with Crippen molar-refractivity contribution in [1.29, 1.82) is 0 Å². The number of aromatic nitrogens is 4. The van der Waals surface area contributed by atoms with E-state index in [0.717, 1.165) is 10.1 Å². The molecule has 0 saturated carbocycles. The highest BCUT2D eigenvalue weighted by Crippen LogP contribution is 2.18. The molecular weight excluding hydrogens is 398 g/mol. The van der Waals surface area contributed by atoms with Gasteiger partial charge in [-0.15, -0.1) is 6.58 Å². The molecule has 0 N–H and O–H groups in total. The van der Waals surface area contributed by atoms with Crippen molar-refractivity contribution in [3.63, 3.8) is 0 Å². The van der Waals surface area contributed by atoms with Crippen molar-refractivity contribution in [3.8, 4) is 5.69 Å². The van der Waals surface area contributed by atoms with Gasteiger partial charge in [-0.3, -0.25) is 19.5 Å². The number of aryl methyl sites for hydroxylation is 1. The predicted octanol–water partition coefficient (Wildman–Crippen LogP) is 2.80. The molecule has 0 amide bonds. The third-order valence-electron chi connectivity index (χ3n) is 4.98. The zero-order valence-corrected chi connectivity index (χ0v) is 16.8. The van der Waals surface area contributed by atoms with Crippen molar-refractivity contribution < 1.29 is 4.92 Å². The molecule has 31 heavy (non-hydrogen) atoms. The second-order valence-corrected chi connectivity index (χ2v) is 7.13. The molecule has 0 spiro atoms. The third-order valence-corrected chi connectivity index (χ3v) is 4.98. The van der Waals surface area contributed by atoms with E-state index >= 15 is 0 Å². The summed E-state index contributed by atoms with van der Waals surface area (Å²) >= 11 is 0. The van der Waals surface area contributed by atoms with Crippen molar-refractivity contribution in [2.75, 3.05) is 0 Å². The van der Waals surface area contributed by atoms with Crippen LogP contribution in [-0.4, -0.2) is 23.6 Å². The first-order valence-corrected chi connectivity index (χ1v) is 9.52. The van der Waals surface area contributed by atoms with E-state index in [-0.39, 0.29) is 29.9 Å². The molecule has 4 rings (SSSR count). The first kappa shape index (κ1) is 20.0. The van der Waals surface area contributed by atoms with E-state index < -0.39 is 16.2 Å². The molecule has 9 nitrogen and oxygen atoms in total. The van der Waals surface area contributed by atoms with Crippen molar-refractivity contribution in [2.45, 2.75) is 20.0 Å². The van der Waals surface area contributed by atoms with Gasteiger partial charge < -0.3 is 4.57 Å². The molecule has 0 saturated heterocycles. The Kier molecular flexibility index (Phi) is 5.08. The number of allylic oxidation sites excluding steroid dienone is 1. The van der Waals surface area contributed by atoms with Crippen LogP contribution in [0.25, 0.3) is 16.9 Å². The molecular formula is C22H19N5O4. The number of hydrogen-bond donors (Lipinski definition) is 0. The standard InChI is InChI=1S/C22H19N5O4/c1-3-11-25-21(28)19-20(26(22(25)29)17-9-7-15(2)8-10-17)23-14-24(19)13-16-5-4-6-18(12-16)27(30)31/h3-10,12,14H,1,11,13H2,2H3. The molecule has 2 aromatic carbocycles. The van der Waals surface area contributed by atoms with Crippen molar-refractivity contribution >= 4 is 16.9 Å². The Morgan fingerprint density at radius 1 is 1.16 bits per heavy atom. The van der Waals surface area contributed by atoms with Crippen LogP contribution >= 0.6 is 0 Å². The van der Waals surface area contributed by atoms with Crippen LogP contribution in [0.2, 0.25) is 0 Å². The van der Waals surface area contributed by atoms with Gasteiger partial charge in [-0.05, 0) is 24.6 Å². The number of non-ortho nitro benzene ring substituents is 1. The highest BCUT2D eigenvalue weighted by molar-refractivity contribution is 5.72. The minimum Gasteiger partial charge on any atom is -0.320 e. The van der Waals surface area contributed by atoms with Crippen LogP contribution < -0.4 is 11.2 Å². The zero-order chi connectivity index (χ0) is 22.1. The van der Waals surface area contributed by atoms with Crippen LogP contribution in [0.5, 0.6) is 0 Å². The monoisotopic (exact) mass is 417 g/mol. The van der Waals surface area contributed by atoms with E-state index in [9.17, 15) is 19.7 Å². The van der Waals surface area contributed by atoms with Crippen LogP contribution in [0.15, 0.2) is 77.1 Å². The largest absolute Gasteiger partial charge is 0.337 e. The van der Waals surface area contributed by atoms with E-state index in [0.29, 0.717) is 11.3 Å². The normalized spacial score (nSPS) is 11.0. The van der Waals surface area contributed by atoms with Gasteiger partial charge in [-0.2, -0.15) is 0 Å². The molecule has 0 bridgehead atoms. The number of fused-ring (bicyclic) bond motifs is 1. The molecule has 4 aromatic rings. The van der Waals surface area contributed by atoms with Gasteiger partial charge in [-0.1, -0.05) is 35.9 Å². The van der Waals surface area contributed by atoms with Gasteiger partial charge in [0.25, 0.3) is 11.2 Å². The Hall–Kier alpha value is -4.27. The van der Waals surface area contributed by atoms with E-state index in [1.807, 2.05) is 19.1 Å². The summed E-state index contributed by atoms with van der Waals surface area (Å²) < 4.78 is 4.09. The Morgan fingerprint density at radius 2 is 1.90 bits per heavy atom. The van der Waals surface area contributed by atoms with Crippen molar-refractivity contribution in [3.05, 3.63) is 110 Å². The molecule has 2 aromatic heterocycles. The zero-order valence-electron chi connectivity index (χ0n) is 16.8. The molecule has 0 fully saturated rings. The smallest absolute Gasteiger partial charge is 0.320 e. The van der Waals surface area contributed by atoms with Crippen LogP contribution in [0, 0.1) is 17.0 Å². The summed E-state index contributed by atoms with van der Waals surface area (Å²) in [5, 5.41) is 11.1. The number of benzene rings is 2. The van der Waals surface area contributed by atoms with Gasteiger partial charge in [0.05, 0.1) is 16.9 Å². The first-order chi connectivity index (χ1) is 14.9. The number of nitrogens with zero attached hydrogens (tertiary/aromatic N) is 5. The second kappa shape index (κ2) is 7.86. The van der Waals surface area contributed by atoms with Crippen molar-refractivity contribution in [1.82, 2.24) is 18.7 Å². The quantitative estimate of drug-likeness (QED) is 0.273. The number of nitro groups is 1. The van der Waals surface area contributed by atoms with E-state index in [4.69, 9.17) is 0 Å². The topological polar surface area (TPSA) is 105 Å². The lowest BCUT2D eigenvalue weighted by molar-refractivity contribution is -0.384. The summed E-state index contributed by atoms with van der Waals surface area (Å²) in [7, 11) is 0. The molecule has 156 valence electrons. The Labute approximate surface area is 176 Å². The van der Waals surface area contributed by atoms with Crippen molar-refractivity contribution in [2.24, 2.45) is 0 Å². The molecule has 0 aliphatic heterocycles. The van der Waals surface area contributed by atoms with Crippen LogP contribution in [-0.2, 0) is 13.1 Å². The fourth-order valence-electron chi connectivity index (χ4n) is 3.48. The lowest BCUT2D eigenvalue weighted by Gasteiger charge is -2.12. The van der Waals surface area contributed by atoms with Gasteiger partial charge in [0.15, 0.2) is 11.2 Å². The summed E-state index contributed by atoms with van der Waals surface area (Å²) in [6.45, 7) is 5.81. The van der Waals surface area contributed by atoms with Gasteiger partial charge in [0.2, 0.25) is 0 Å². The minimum absolute atomic E-state index is 0.0393. The Bertz CT molecular complexity index is 1430. The van der Waals surface area contributed by atoms with Crippen LogP contribution in [0.1, 0.15) is 11.1 Å². The maximum Gasteiger partial charge on any atom is 0.337 e. The molecule has 0 radical (unpaired) electrons. The van der Waals surface area contributed by atoms with Crippen LogP contribution in [0.4, 0.5) is 5.69 Å². The SMILES string of the molecule is C=CCn1c(=O)c2c(ncn2Cc2cccc([N+](=O)[O-])c2)n(-c2ccc(C)cc2)c1=O. The molecule has 0 unspecified atom stereocenters. The van der Waals surface area contributed by atoms with Crippen LogP contribution in [0.3, 0.4) is 0 Å². The highest BCUT2D eigenvalue weighted by Gasteiger charge is 2.19. The molecule has 0 aliphatic rings. The highest BCUT2D eigenvalue weighted by atomic mass is 16.6. The fourth-order valence-corrected chi connectivity index (χ4v) is 3.48. The molecule has 9 heteroatoms. The Morgan fingerprint density at radius 3 is 2.58 bits per heavy atom. The lowest BCUT2D eigenvalue weighted by Crippen LogP contribution is -2.39. The molecule has 2 heterocycles. The van der Waals surface area contributed by atoms with E-state index in [1.54, 1.807) is 28.8 Å². The summed E-state index contributed by atoms with van der Waals surface area (Å²) in [4.78, 5) is 41.2. The van der Waals surface area contributed by atoms with Gasteiger partial charge in [0, 0.05) is 25.2 Å². The maximum atomic E-state index is 13.2. The third kappa shape index (κ3) is 3.57. The molecule has 0 aliphatic carbocycles. The van der Waals surface area contributed by atoms with Gasteiger partial charge >= 0.3 is 5.69 Å². The fraction of sp³-hybridized carbons (Fsp3) is 0.136. The number of rotatable bonds is 6. The molecule has 0 atom stereocenters. The number of imidazole rings is 1. The second-order valence-electron chi connectivity index (χ2n) is 7.13. The first-order valence-electron chi connectivity index (χ1n) is 9.52. The number of hydrogen-bond acceptors (Lipinski definition) is 5. The maximum absolute atomic E-state index is 13.2. The summed E-state index contributed by atoms with van der Waals surface area (Å²) in [6, 6.07) is 13.5. The van der Waals surface area contributed by atoms with E-state index in [1.165, 1.54) is 29.1 Å². The Balaban J connectivity index is 1.95. The summed E-state index contributed by atoms with van der Waals surface area (Å²) in [5.41, 5.74) is 1.66. The minimum atomic E-state index is -0.512. The van der Waals surface area contributed by atoms with E-state index in [2.05, 4.69) is 11.6 Å². The average Bonchev–Trinajstić information content (AvgIpc) is 3.16. The predicted molar refractivity (Wildman–Crippen MR) is 117 cm³/mol. The van der Waals surface area contributed by atoms with Gasteiger partial charge in [-0.25, -0.2) is 14.3 Å². The number of nitro benzene ring substituents is 1. The summed E-state index contributed by atoms with van der Waals surface area (Å²) in [6.07, 6.45) is 2.95. The van der Waals surface area contributed by atoms with Gasteiger partial charge in [0.1, 0.15) is 0 Å². The summed E-state index contributed by atoms with van der Waals surface area (Å²) in [5.74, 6) is 0. The lowest BCUT2D eigenvalue weighted by atomic mass is 10.2. The average molecular weight is 417 g/mol.